The van der Waals surface area contributed by atoms with Gasteiger partial charge in [-0.1, -0.05) is 0 Å². The van der Waals surface area contributed by atoms with Gasteiger partial charge in [0.2, 0.25) is 0 Å². The Balaban J connectivity index is 2.65. The SMILES string of the molecule is Cc1cc(C(=O)NC(C)C#N)n[nH]1. The predicted octanol–water partition coefficient (Wildman–Crippen LogP) is 0.360. The van der Waals surface area contributed by atoms with Crippen molar-refractivity contribution in [3.8, 4) is 6.07 Å². The normalized spacial score (nSPS) is 11.8. The van der Waals surface area contributed by atoms with Crippen molar-refractivity contribution in [2.75, 3.05) is 0 Å². The summed E-state index contributed by atoms with van der Waals surface area (Å²) in [5, 5.41) is 17.3. The fourth-order valence-corrected chi connectivity index (χ4v) is 0.837. The lowest BCUT2D eigenvalue weighted by Crippen LogP contribution is -2.31. The Bertz CT molecular complexity index is 349. The Kier molecular flexibility index (Phi) is 2.65. The number of hydrogen-bond donors (Lipinski definition) is 2. The predicted molar refractivity (Wildman–Crippen MR) is 45.9 cm³/mol. The van der Waals surface area contributed by atoms with Crippen molar-refractivity contribution in [2.45, 2.75) is 19.9 Å². The van der Waals surface area contributed by atoms with E-state index in [2.05, 4.69) is 15.5 Å². The van der Waals surface area contributed by atoms with E-state index in [1.165, 1.54) is 0 Å². The fourth-order valence-electron chi connectivity index (χ4n) is 0.837. The molecule has 5 heteroatoms. The van der Waals surface area contributed by atoms with Crippen LogP contribution in [0.15, 0.2) is 6.07 Å². The number of rotatable bonds is 2. The number of H-pyrrole nitrogens is 1. The zero-order valence-electron chi connectivity index (χ0n) is 7.46. The van der Waals surface area contributed by atoms with Crippen LogP contribution in [-0.2, 0) is 0 Å². The lowest BCUT2D eigenvalue weighted by molar-refractivity contribution is 0.0943. The van der Waals surface area contributed by atoms with Crippen LogP contribution in [0.2, 0.25) is 0 Å². The highest BCUT2D eigenvalue weighted by atomic mass is 16.2. The standard InChI is InChI=1S/C8H10N4O/c1-5-3-7(12-11-5)8(13)10-6(2)4-9/h3,6H,1-2H3,(H,10,13)(H,11,12). The second-order valence-electron chi connectivity index (χ2n) is 2.76. The third-order valence-electron chi connectivity index (χ3n) is 1.48. The van der Waals surface area contributed by atoms with E-state index in [0.29, 0.717) is 5.69 Å². The Labute approximate surface area is 75.8 Å². The van der Waals surface area contributed by atoms with Crippen LogP contribution in [0.25, 0.3) is 0 Å². The maximum absolute atomic E-state index is 11.3. The molecule has 1 heterocycles. The Morgan fingerprint density at radius 3 is 3.00 bits per heavy atom. The molecule has 1 aromatic heterocycles. The molecule has 2 N–H and O–H groups in total. The molecule has 1 rings (SSSR count). The van der Waals surface area contributed by atoms with Crippen LogP contribution in [0.1, 0.15) is 23.1 Å². The summed E-state index contributed by atoms with van der Waals surface area (Å²) < 4.78 is 0. The number of aromatic amines is 1. The van der Waals surface area contributed by atoms with Crippen LogP contribution in [0.5, 0.6) is 0 Å². The van der Waals surface area contributed by atoms with Gasteiger partial charge in [-0.15, -0.1) is 0 Å². The Hall–Kier alpha value is -1.83. The number of aromatic nitrogens is 2. The van der Waals surface area contributed by atoms with Crippen molar-refractivity contribution < 1.29 is 4.79 Å². The molecule has 0 aliphatic rings. The highest BCUT2D eigenvalue weighted by molar-refractivity contribution is 5.92. The van der Waals surface area contributed by atoms with Gasteiger partial charge in [0.15, 0.2) is 0 Å². The maximum atomic E-state index is 11.3. The first kappa shape index (κ1) is 9.26. The van der Waals surface area contributed by atoms with Gasteiger partial charge in [-0.05, 0) is 19.9 Å². The average molecular weight is 178 g/mol. The molecule has 5 nitrogen and oxygen atoms in total. The van der Waals surface area contributed by atoms with Gasteiger partial charge in [-0.2, -0.15) is 10.4 Å². The molecule has 0 saturated heterocycles. The highest BCUT2D eigenvalue weighted by Gasteiger charge is 2.11. The molecule has 0 bridgehead atoms. The van der Waals surface area contributed by atoms with Crippen LogP contribution in [-0.4, -0.2) is 22.1 Å². The molecule has 13 heavy (non-hydrogen) atoms. The first-order valence-electron chi connectivity index (χ1n) is 3.86. The number of aryl methyl sites for hydroxylation is 1. The van der Waals surface area contributed by atoms with Gasteiger partial charge in [-0.25, -0.2) is 0 Å². The lowest BCUT2D eigenvalue weighted by atomic mass is 10.3. The van der Waals surface area contributed by atoms with Crippen molar-refractivity contribution in [1.82, 2.24) is 15.5 Å². The molecule has 0 aromatic carbocycles. The third-order valence-corrected chi connectivity index (χ3v) is 1.48. The topological polar surface area (TPSA) is 81.6 Å². The van der Waals surface area contributed by atoms with Gasteiger partial charge in [-0.3, -0.25) is 9.89 Å². The van der Waals surface area contributed by atoms with Gasteiger partial charge in [0.25, 0.3) is 5.91 Å². The maximum Gasteiger partial charge on any atom is 0.272 e. The molecule has 1 aromatic rings. The summed E-state index contributed by atoms with van der Waals surface area (Å²) in [6, 6.07) is 3.03. The summed E-state index contributed by atoms with van der Waals surface area (Å²) in [5.74, 6) is -0.335. The number of nitrogens with zero attached hydrogens (tertiary/aromatic N) is 2. The number of hydrogen-bond acceptors (Lipinski definition) is 3. The molecule has 68 valence electrons. The van der Waals surface area contributed by atoms with Crippen molar-refractivity contribution in [1.29, 1.82) is 5.26 Å². The zero-order valence-corrected chi connectivity index (χ0v) is 7.46. The first-order chi connectivity index (χ1) is 6.13. The highest BCUT2D eigenvalue weighted by Crippen LogP contribution is 1.97. The van der Waals surface area contributed by atoms with E-state index in [1.54, 1.807) is 19.9 Å². The van der Waals surface area contributed by atoms with Crippen LogP contribution in [0, 0.1) is 18.3 Å². The van der Waals surface area contributed by atoms with E-state index in [0.717, 1.165) is 5.69 Å². The quantitative estimate of drug-likeness (QED) is 0.686. The van der Waals surface area contributed by atoms with E-state index in [9.17, 15) is 4.79 Å². The summed E-state index contributed by atoms with van der Waals surface area (Å²) >= 11 is 0. The summed E-state index contributed by atoms with van der Waals surface area (Å²) in [7, 11) is 0. The molecule has 0 fully saturated rings. The van der Waals surface area contributed by atoms with E-state index in [1.807, 2.05) is 6.07 Å². The summed E-state index contributed by atoms with van der Waals surface area (Å²) in [6.45, 7) is 3.41. The number of carbonyl (C=O) groups excluding carboxylic acids is 1. The molecule has 0 aliphatic heterocycles. The minimum Gasteiger partial charge on any atom is -0.335 e. The van der Waals surface area contributed by atoms with E-state index >= 15 is 0 Å². The largest absolute Gasteiger partial charge is 0.335 e. The summed E-state index contributed by atoms with van der Waals surface area (Å²) in [5.41, 5.74) is 1.12. The summed E-state index contributed by atoms with van der Waals surface area (Å²) in [6.07, 6.45) is 0. The molecule has 0 spiro atoms. The smallest absolute Gasteiger partial charge is 0.272 e. The Morgan fingerprint density at radius 2 is 2.54 bits per heavy atom. The van der Waals surface area contributed by atoms with Crippen molar-refractivity contribution in [3.05, 3.63) is 17.5 Å². The molecular formula is C8H10N4O. The van der Waals surface area contributed by atoms with Crippen molar-refractivity contribution in [2.24, 2.45) is 0 Å². The van der Waals surface area contributed by atoms with Gasteiger partial charge in [0, 0.05) is 5.69 Å². The molecule has 1 amide bonds. The summed E-state index contributed by atoms with van der Waals surface area (Å²) in [4.78, 5) is 11.3. The monoisotopic (exact) mass is 178 g/mol. The van der Waals surface area contributed by atoms with Gasteiger partial charge >= 0.3 is 0 Å². The number of amides is 1. The lowest BCUT2D eigenvalue weighted by Gasteiger charge is -2.02. The molecule has 0 saturated carbocycles. The number of nitrogens with one attached hydrogen (secondary N) is 2. The second-order valence-corrected chi connectivity index (χ2v) is 2.76. The molecular weight excluding hydrogens is 168 g/mol. The zero-order chi connectivity index (χ0) is 9.84. The van der Waals surface area contributed by atoms with Gasteiger partial charge in [0.1, 0.15) is 11.7 Å². The van der Waals surface area contributed by atoms with Gasteiger partial charge < -0.3 is 5.32 Å². The van der Waals surface area contributed by atoms with E-state index in [4.69, 9.17) is 5.26 Å². The minimum absolute atomic E-state index is 0.305. The van der Waals surface area contributed by atoms with E-state index < -0.39 is 6.04 Å². The van der Waals surface area contributed by atoms with E-state index in [-0.39, 0.29) is 5.91 Å². The van der Waals surface area contributed by atoms with Crippen molar-refractivity contribution >= 4 is 5.91 Å². The van der Waals surface area contributed by atoms with Crippen LogP contribution >= 0.6 is 0 Å². The minimum atomic E-state index is -0.496. The third kappa shape index (κ3) is 2.30. The fraction of sp³-hybridized carbons (Fsp3) is 0.375. The molecule has 1 unspecified atom stereocenters. The molecule has 0 radical (unpaired) electrons. The molecule has 1 atom stereocenters. The number of carbonyl (C=O) groups is 1. The van der Waals surface area contributed by atoms with Crippen LogP contribution in [0.4, 0.5) is 0 Å². The first-order valence-corrected chi connectivity index (χ1v) is 3.86. The van der Waals surface area contributed by atoms with Crippen LogP contribution < -0.4 is 5.32 Å². The van der Waals surface area contributed by atoms with Crippen LogP contribution in [0.3, 0.4) is 0 Å². The second kappa shape index (κ2) is 3.72. The van der Waals surface area contributed by atoms with Crippen molar-refractivity contribution in [3.63, 3.8) is 0 Å². The number of nitriles is 1. The Morgan fingerprint density at radius 1 is 1.85 bits per heavy atom. The molecule has 0 aliphatic carbocycles. The van der Waals surface area contributed by atoms with Gasteiger partial charge in [0.05, 0.1) is 6.07 Å². The average Bonchev–Trinajstić information content (AvgIpc) is 2.51.